The maximum Gasteiger partial charge on any atom is 0.244 e. The van der Waals surface area contributed by atoms with Gasteiger partial charge >= 0.3 is 0 Å². The largest absolute Gasteiger partial charge is 0.346 e. The normalized spacial score (nSPS) is 12.6. The Hall–Kier alpha value is -1.78. The summed E-state index contributed by atoms with van der Waals surface area (Å²) in [6.45, 7) is 1.88. The predicted octanol–water partition coefficient (Wildman–Crippen LogP) is 3.61. The highest BCUT2D eigenvalue weighted by molar-refractivity contribution is 6.34. The number of carbonyl (C=O) groups is 1. The van der Waals surface area contributed by atoms with Crippen molar-refractivity contribution in [3.05, 3.63) is 57.8 Å². The molecule has 1 heterocycles. The van der Waals surface area contributed by atoms with Crippen LogP contribution in [-0.4, -0.2) is 16.1 Å². The Morgan fingerprint density at radius 3 is 2.95 bits per heavy atom. The molecular formula is C14H13Cl2N3O. The van der Waals surface area contributed by atoms with Crippen molar-refractivity contribution in [1.82, 2.24) is 15.5 Å². The van der Waals surface area contributed by atoms with E-state index in [0.29, 0.717) is 15.6 Å². The van der Waals surface area contributed by atoms with Gasteiger partial charge in [0, 0.05) is 27.9 Å². The van der Waals surface area contributed by atoms with Crippen LogP contribution >= 0.6 is 23.2 Å². The number of nitrogens with zero attached hydrogens (tertiary/aromatic N) is 1. The van der Waals surface area contributed by atoms with Crippen LogP contribution in [0.15, 0.2) is 36.7 Å². The summed E-state index contributed by atoms with van der Waals surface area (Å²) in [4.78, 5) is 11.8. The van der Waals surface area contributed by atoms with Gasteiger partial charge in [-0.2, -0.15) is 5.10 Å². The molecule has 1 aromatic carbocycles. The Kier molecular flexibility index (Phi) is 4.82. The lowest BCUT2D eigenvalue weighted by Crippen LogP contribution is -2.24. The Morgan fingerprint density at radius 1 is 1.45 bits per heavy atom. The number of halogens is 2. The molecule has 104 valence electrons. The van der Waals surface area contributed by atoms with Crippen LogP contribution in [0.1, 0.15) is 24.1 Å². The Labute approximate surface area is 126 Å². The molecule has 2 rings (SSSR count). The number of hydrogen-bond acceptors (Lipinski definition) is 2. The van der Waals surface area contributed by atoms with Crippen molar-refractivity contribution >= 4 is 35.2 Å². The summed E-state index contributed by atoms with van der Waals surface area (Å²) in [5, 5.41) is 10.5. The molecule has 0 aliphatic heterocycles. The molecule has 1 aromatic heterocycles. The summed E-state index contributed by atoms with van der Waals surface area (Å²) < 4.78 is 0. The van der Waals surface area contributed by atoms with Crippen LogP contribution in [0, 0.1) is 0 Å². The molecule has 1 unspecified atom stereocenters. The molecule has 0 saturated heterocycles. The van der Waals surface area contributed by atoms with Gasteiger partial charge < -0.3 is 5.32 Å². The molecular weight excluding hydrogens is 297 g/mol. The standard InChI is InChI=1S/C14H13Cl2N3O/c1-9(11-7-17-18-8-11)19-14(20)5-2-10-6-12(15)3-4-13(10)16/h2-9H,1H3,(H,17,18)(H,19,20)/b5-2+. The highest BCUT2D eigenvalue weighted by Gasteiger charge is 2.08. The van der Waals surface area contributed by atoms with E-state index < -0.39 is 0 Å². The van der Waals surface area contributed by atoms with Gasteiger partial charge in [0.05, 0.1) is 12.2 Å². The van der Waals surface area contributed by atoms with Crippen LogP contribution in [0.25, 0.3) is 6.08 Å². The van der Waals surface area contributed by atoms with E-state index in [2.05, 4.69) is 15.5 Å². The number of H-pyrrole nitrogens is 1. The van der Waals surface area contributed by atoms with Crippen molar-refractivity contribution in [3.8, 4) is 0 Å². The molecule has 1 amide bonds. The van der Waals surface area contributed by atoms with Gasteiger partial charge in [-0.15, -0.1) is 0 Å². The van der Waals surface area contributed by atoms with Crippen molar-refractivity contribution in [3.63, 3.8) is 0 Å². The van der Waals surface area contributed by atoms with Crippen LogP contribution in [0.4, 0.5) is 0 Å². The second-order valence-corrected chi connectivity index (χ2v) is 5.10. The molecule has 6 heteroatoms. The minimum absolute atomic E-state index is 0.124. The summed E-state index contributed by atoms with van der Waals surface area (Å²) >= 11 is 11.9. The molecule has 0 bridgehead atoms. The molecule has 20 heavy (non-hydrogen) atoms. The fraction of sp³-hybridized carbons (Fsp3) is 0.143. The molecule has 2 N–H and O–H groups in total. The quantitative estimate of drug-likeness (QED) is 0.848. The number of aromatic amines is 1. The van der Waals surface area contributed by atoms with Crippen molar-refractivity contribution in [2.45, 2.75) is 13.0 Å². The summed E-state index contributed by atoms with van der Waals surface area (Å²) in [6.07, 6.45) is 6.46. The average Bonchev–Trinajstić information content (AvgIpc) is 2.94. The van der Waals surface area contributed by atoms with Gasteiger partial charge in [0.2, 0.25) is 5.91 Å². The average molecular weight is 310 g/mol. The van der Waals surface area contributed by atoms with Gasteiger partial charge in [0.15, 0.2) is 0 Å². The highest BCUT2D eigenvalue weighted by Crippen LogP contribution is 2.21. The number of amides is 1. The predicted molar refractivity (Wildman–Crippen MR) is 80.6 cm³/mol. The van der Waals surface area contributed by atoms with Crippen molar-refractivity contribution in [2.24, 2.45) is 0 Å². The molecule has 1 atom stereocenters. The lowest BCUT2D eigenvalue weighted by molar-refractivity contribution is -0.117. The third-order valence-corrected chi connectivity index (χ3v) is 3.33. The molecule has 2 aromatic rings. The van der Waals surface area contributed by atoms with Crippen LogP contribution in [0.3, 0.4) is 0 Å². The summed E-state index contributed by atoms with van der Waals surface area (Å²) in [5.41, 5.74) is 1.61. The van der Waals surface area contributed by atoms with Gasteiger partial charge in [0.25, 0.3) is 0 Å². The Bertz CT molecular complexity index is 623. The first kappa shape index (κ1) is 14.6. The molecule has 0 spiro atoms. The number of aromatic nitrogens is 2. The maximum absolute atomic E-state index is 11.8. The van der Waals surface area contributed by atoms with Crippen molar-refractivity contribution in [1.29, 1.82) is 0 Å². The zero-order valence-corrected chi connectivity index (χ0v) is 12.2. The fourth-order valence-corrected chi connectivity index (χ4v) is 2.01. The lowest BCUT2D eigenvalue weighted by atomic mass is 10.2. The van der Waals surface area contributed by atoms with E-state index >= 15 is 0 Å². The topological polar surface area (TPSA) is 57.8 Å². The Balaban J connectivity index is 2.00. The zero-order chi connectivity index (χ0) is 14.5. The van der Waals surface area contributed by atoms with Crippen molar-refractivity contribution < 1.29 is 4.79 Å². The van der Waals surface area contributed by atoms with Crippen LogP contribution in [-0.2, 0) is 4.79 Å². The smallest absolute Gasteiger partial charge is 0.244 e. The number of rotatable bonds is 4. The van der Waals surface area contributed by atoms with E-state index in [1.807, 2.05) is 6.92 Å². The number of carbonyl (C=O) groups excluding carboxylic acids is 1. The van der Waals surface area contributed by atoms with E-state index in [0.717, 1.165) is 5.56 Å². The fourth-order valence-electron chi connectivity index (χ4n) is 1.65. The molecule has 0 fully saturated rings. The van der Waals surface area contributed by atoms with E-state index in [1.165, 1.54) is 6.08 Å². The molecule has 4 nitrogen and oxygen atoms in total. The zero-order valence-electron chi connectivity index (χ0n) is 10.7. The lowest BCUT2D eigenvalue weighted by Gasteiger charge is -2.09. The van der Waals surface area contributed by atoms with Gasteiger partial charge in [-0.05, 0) is 36.8 Å². The van der Waals surface area contributed by atoms with Crippen LogP contribution in [0.5, 0.6) is 0 Å². The molecule has 0 radical (unpaired) electrons. The van der Waals surface area contributed by atoms with E-state index in [-0.39, 0.29) is 11.9 Å². The maximum atomic E-state index is 11.8. The van der Waals surface area contributed by atoms with Gasteiger partial charge in [-0.25, -0.2) is 0 Å². The highest BCUT2D eigenvalue weighted by atomic mass is 35.5. The summed E-state index contributed by atoms with van der Waals surface area (Å²) in [7, 11) is 0. The first-order valence-electron chi connectivity index (χ1n) is 5.98. The molecule has 0 saturated carbocycles. The SMILES string of the molecule is CC(NC(=O)/C=C/c1cc(Cl)ccc1Cl)c1cn[nH]c1. The second-order valence-electron chi connectivity index (χ2n) is 4.26. The summed E-state index contributed by atoms with van der Waals surface area (Å²) in [6, 6.07) is 4.96. The molecule has 0 aliphatic carbocycles. The Morgan fingerprint density at radius 2 is 2.25 bits per heavy atom. The van der Waals surface area contributed by atoms with Gasteiger partial charge in [-0.3, -0.25) is 9.89 Å². The summed E-state index contributed by atoms with van der Waals surface area (Å²) in [5.74, 6) is -0.213. The number of benzene rings is 1. The van der Waals surface area contributed by atoms with Crippen LogP contribution < -0.4 is 5.32 Å². The van der Waals surface area contributed by atoms with Crippen LogP contribution in [0.2, 0.25) is 10.0 Å². The minimum atomic E-state index is -0.213. The third kappa shape index (κ3) is 3.85. The van der Waals surface area contributed by atoms with Gasteiger partial charge in [-0.1, -0.05) is 23.2 Å². The monoisotopic (exact) mass is 309 g/mol. The first-order chi connectivity index (χ1) is 9.56. The molecule has 0 aliphatic rings. The van der Waals surface area contributed by atoms with E-state index in [1.54, 1.807) is 36.7 Å². The third-order valence-electron chi connectivity index (χ3n) is 2.75. The van der Waals surface area contributed by atoms with E-state index in [9.17, 15) is 4.79 Å². The number of hydrogen-bond donors (Lipinski definition) is 2. The van der Waals surface area contributed by atoms with E-state index in [4.69, 9.17) is 23.2 Å². The first-order valence-corrected chi connectivity index (χ1v) is 6.74. The minimum Gasteiger partial charge on any atom is -0.346 e. The number of nitrogens with one attached hydrogen (secondary N) is 2. The van der Waals surface area contributed by atoms with Crippen molar-refractivity contribution in [2.75, 3.05) is 0 Å². The second kappa shape index (κ2) is 6.59. The van der Waals surface area contributed by atoms with Gasteiger partial charge in [0.1, 0.15) is 0 Å².